The zero-order valence-corrected chi connectivity index (χ0v) is 10.4. The van der Waals surface area contributed by atoms with E-state index in [2.05, 4.69) is 4.99 Å². The van der Waals surface area contributed by atoms with Crippen molar-refractivity contribution in [3.8, 4) is 0 Å². The van der Waals surface area contributed by atoms with Gasteiger partial charge in [-0.3, -0.25) is 4.99 Å². The Hall–Kier alpha value is -1.81. The van der Waals surface area contributed by atoms with E-state index in [1.54, 1.807) is 30.3 Å². The Morgan fingerprint density at radius 1 is 1.00 bits per heavy atom. The highest BCUT2D eigenvalue weighted by atomic mass is 35.5. The maximum Gasteiger partial charge on any atom is 0.416 e. The van der Waals surface area contributed by atoms with Crippen LogP contribution in [0.5, 0.6) is 0 Å². The van der Waals surface area contributed by atoms with Gasteiger partial charge in [-0.2, -0.15) is 13.2 Å². The topological polar surface area (TPSA) is 12.4 Å². The first-order chi connectivity index (χ1) is 8.95. The van der Waals surface area contributed by atoms with Crippen molar-refractivity contribution < 1.29 is 13.2 Å². The van der Waals surface area contributed by atoms with Crippen molar-refractivity contribution in [3.63, 3.8) is 0 Å². The fraction of sp³-hybridized carbons (Fsp3) is 0.0714. The lowest BCUT2D eigenvalue weighted by Gasteiger charge is -2.06. The third-order valence-electron chi connectivity index (χ3n) is 2.38. The minimum absolute atomic E-state index is 0.384. The third-order valence-corrected chi connectivity index (χ3v) is 2.62. The number of rotatable bonds is 2. The van der Waals surface area contributed by atoms with Gasteiger partial charge in [0.2, 0.25) is 0 Å². The molecule has 0 heterocycles. The van der Waals surface area contributed by atoms with Crippen molar-refractivity contribution in [2.45, 2.75) is 6.18 Å². The summed E-state index contributed by atoms with van der Waals surface area (Å²) in [5.74, 6) is 0. The van der Waals surface area contributed by atoms with Crippen molar-refractivity contribution in [2.75, 3.05) is 0 Å². The van der Waals surface area contributed by atoms with Crippen molar-refractivity contribution >= 4 is 23.5 Å². The lowest BCUT2D eigenvalue weighted by atomic mass is 10.1. The normalized spacial score (nSPS) is 12.0. The van der Waals surface area contributed by atoms with E-state index in [1.807, 2.05) is 0 Å². The van der Waals surface area contributed by atoms with Gasteiger partial charge in [-0.15, -0.1) is 0 Å². The molecule has 1 nitrogen and oxygen atoms in total. The lowest BCUT2D eigenvalue weighted by Crippen LogP contribution is -2.04. The summed E-state index contributed by atoms with van der Waals surface area (Å²) in [4.78, 5) is 4.08. The average molecular weight is 284 g/mol. The summed E-state index contributed by atoms with van der Waals surface area (Å²) in [6, 6.07) is 11.8. The van der Waals surface area contributed by atoms with Gasteiger partial charge in [0.15, 0.2) is 0 Å². The minimum Gasteiger partial charge on any atom is -0.256 e. The summed E-state index contributed by atoms with van der Waals surface area (Å²) in [5.41, 5.74) is 0.280. The van der Waals surface area contributed by atoms with Crippen LogP contribution in [-0.4, -0.2) is 6.21 Å². The van der Waals surface area contributed by atoms with Crippen LogP contribution in [0.3, 0.4) is 0 Å². The summed E-state index contributed by atoms with van der Waals surface area (Å²) >= 11 is 5.79. The Labute approximate surface area is 113 Å². The quantitative estimate of drug-likeness (QED) is 0.679. The molecule has 0 aliphatic rings. The number of benzene rings is 2. The van der Waals surface area contributed by atoms with E-state index >= 15 is 0 Å². The Morgan fingerprint density at radius 3 is 2.42 bits per heavy atom. The van der Waals surface area contributed by atoms with E-state index in [0.717, 1.165) is 12.1 Å². The summed E-state index contributed by atoms with van der Waals surface area (Å²) in [7, 11) is 0. The molecule has 19 heavy (non-hydrogen) atoms. The van der Waals surface area contributed by atoms with Gasteiger partial charge in [0.1, 0.15) is 0 Å². The van der Waals surface area contributed by atoms with Crippen LogP contribution >= 0.6 is 11.6 Å². The van der Waals surface area contributed by atoms with Crippen molar-refractivity contribution in [1.82, 2.24) is 0 Å². The second-order valence-corrected chi connectivity index (χ2v) is 4.30. The highest BCUT2D eigenvalue weighted by Crippen LogP contribution is 2.29. The summed E-state index contributed by atoms with van der Waals surface area (Å²) in [5, 5.41) is 0.527. The van der Waals surface area contributed by atoms with Gasteiger partial charge < -0.3 is 0 Å². The van der Waals surface area contributed by atoms with E-state index < -0.39 is 11.7 Å². The fourth-order valence-corrected chi connectivity index (χ4v) is 1.69. The first kappa shape index (κ1) is 13.6. The molecule has 0 spiro atoms. The Balaban J connectivity index is 2.24. The fourth-order valence-electron chi connectivity index (χ4n) is 1.50. The van der Waals surface area contributed by atoms with Gasteiger partial charge in [-0.05, 0) is 35.9 Å². The molecule has 0 bridgehead atoms. The molecule has 0 saturated carbocycles. The number of aliphatic imine (C=N–C) groups is 1. The average Bonchev–Trinajstić information content (AvgIpc) is 2.36. The van der Waals surface area contributed by atoms with Crippen molar-refractivity contribution in [1.29, 1.82) is 0 Å². The molecule has 0 radical (unpaired) electrons. The highest BCUT2D eigenvalue weighted by Gasteiger charge is 2.30. The number of halogens is 4. The van der Waals surface area contributed by atoms with Gasteiger partial charge in [0, 0.05) is 11.2 Å². The predicted octanol–water partition coefficient (Wildman–Crippen LogP) is 5.11. The largest absolute Gasteiger partial charge is 0.416 e. The first-order valence-corrected chi connectivity index (χ1v) is 5.80. The molecule has 5 heteroatoms. The molecule has 2 rings (SSSR count). The molecule has 2 aromatic rings. The molecular weight excluding hydrogens is 275 g/mol. The molecule has 0 aliphatic carbocycles. The predicted molar refractivity (Wildman–Crippen MR) is 70.2 cm³/mol. The van der Waals surface area contributed by atoms with E-state index in [0.29, 0.717) is 16.3 Å². The lowest BCUT2D eigenvalue weighted by molar-refractivity contribution is -0.137. The van der Waals surface area contributed by atoms with E-state index in [4.69, 9.17) is 11.6 Å². The van der Waals surface area contributed by atoms with Gasteiger partial charge in [0.25, 0.3) is 0 Å². The van der Waals surface area contributed by atoms with E-state index in [1.165, 1.54) is 12.3 Å². The minimum atomic E-state index is -4.35. The van der Waals surface area contributed by atoms with Gasteiger partial charge in [-0.1, -0.05) is 29.8 Å². The zero-order valence-electron chi connectivity index (χ0n) is 9.66. The number of alkyl halides is 3. The molecule has 0 unspecified atom stereocenters. The van der Waals surface area contributed by atoms with Crippen LogP contribution in [0.25, 0.3) is 0 Å². The maximum absolute atomic E-state index is 12.5. The second kappa shape index (κ2) is 5.45. The third kappa shape index (κ3) is 3.83. The van der Waals surface area contributed by atoms with Crippen molar-refractivity contribution in [3.05, 3.63) is 64.7 Å². The molecule has 0 fully saturated rings. The van der Waals surface area contributed by atoms with Crippen LogP contribution in [0, 0.1) is 0 Å². The summed E-state index contributed by atoms with van der Waals surface area (Å²) in [6.45, 7) is 0. The Morgan fingerprint density at radius 2 is 1.74 bits per heavy atom. The number of nitrogens with zero attached hydrogens (tertiary/aromatic N) is 1. The molecule has 0 saturated heterocycles. The highest BCUT2D eigenvalue weighted by molar-refractivity contribution is 6.30. The Kier molecular flexibility index (Phi) is 3.90. The zero-order chi connectivity index (χ0) is 13.9. The van der Waals surface area contributed by atoms with Crippen LogP contribution in [0.15, 0.2) is 53.5 Å². The maximum atomic E-state index is 12.5. The van der Waals surface area contributed by atoms with Crippen LogP contribution in [-0.2, 0) is 6.18 Å². The SMILES string of the molecule is FC(F)(F)c1cccc(C=Nc2cccc(Cl)c2)c1. The first-order valence-electron chi connectivity index (χ1n) is 5.42. The molecule has 2 aromatic carbocycles. The molecule has 98 valence electrons. The standard InChI is InChI=1S/C14H9ClF3N/c15-12-5-2-6-13(8-12)19-9-10-3-1-4-11(7-10)14(16,17)18/h1-9H. The second-order valence-electron chi connectivity index (χ2n) is 3.86. The van der Waals surface area contributed by atoms with Crippen LogP contribution in [0.4, 0.5) is 18.9 Å². The van der Waals surface area contributed by atoms with Crippen molar-refractivity contribution in [2.24, 2.45) is 4.99 Å². The van der Waals surface area contributed by atoms with E-state index in [9.17, 15) is 13.2 Å². The van der Waals surface area contributed by atoms with Crippen LogP contribution in [0.2, 0.25) is 5.02 Å². The summed E-state index contributed by atoms with van der Waals surface area (Å²) in [6.07, 6.45) is -2.97. The molecular formula is C14H9ClF3N. The molecule has 0 atom stereocenters. The monoisotopic (exact) mass is 283 g/mol. The van der Waals surface area contributed by atoms with Gasteiger partial charge in [0.05, 0.1) is 11.3 Å². The number of hydrogen-bond acceptors (Lipinski definition) is 1. The van der Waals surface area contributed by atoms with Crippen LogP contribution in [0.1, 0.15) is 11.1 Å². The molecule has 0 aromatic heterocycles. The molecule has 0 aliphatic heterocycles. The molecule has 0 amide bonds. The molecule has 0 N–H and O–H groups in total. The number of hydrogen-bond donors (Lipinski definition) is 0. The van der Waals surface area contributed by atoms with Crippen LogP contribution < -0.4 is 0 Å². The smallest absolute Gasteiger partial charge is 0.256 e. The Bertz CT molecular complexity index is 606. The van der Waals surface area contributed by atoms with E-state index in [-0.39, 0.29) is 0 Å². The van der Waals surface area contributed by atoms with Gasteiger partial charge >= 0.3 is 6.18 Å². The summed E-state index contributed by atoms with van der Waals surface area (Å²) < 4.78 is 37.6. The van der Waals surface area contributed by atoms with Gasteiger partial charge in [-0.25, -0.2) is 0 Å².